The summed E-state index contributed by atoms with van der Waals surface area (Å²) in [4.78, 5) is 23.8. The van der Waals surface area contributed by atoms with Gasteiger partial charge in [0.2, 0.25) is 0 Å². The molecular formula is C16H14ClN3O3. The molecule has 1 atom stereocenters. The Hall–Kier alpha value is -2.73. The fourth-order valence-electron chi connectivity index (χ4n) is 2.15. The van der Waals surface area contributed by atoms with E-state index in [0.717, 1.165) is 0 Å². The van der Waals surface area contributed by atoms with Gasteiger partial charge in [-0.15, -0.1) is 0 Å². The fraction of sp³-hybridized carbons (Fsp3) is 0.125. The third kappa shape index (κ3) is 3.37. The minimum absolute atomic E-state index is 0.259. The first-order valence-corrected chi connectivity index (χ1v) is 7.35. The van der Waals surface area contributed by atoms with E-state index < -0.39 is 12.1 Å². The van der Waals surface area contributed by atoms with Crippen LogP contribution in [-0.4, -0.2) is 18.0 Å². The van der Waals surface area contributed by atoms with E-state index in [2.05, 4.69) is 16.0 Å². The Labute approximate surface area is 137 Å². The van der Waals surface area contributed by atoms with Crippen molar-refractivity contribution in [3.8, 4) is 5.75 Å². The lowest BCUT2D eigenvalue weighted by atomic mass is 10.2. The molecule has 1 aliphatic rings. The van der Waals surface area contributed by atoms with E-state index in [1.54, 1.807) is 49.4 Å². The molecule has 118 valence electrons. The standard InChI is InChI=1S/C16H14ClN3O3/c1-9-15(21)20-14-12(3-2-4-13(14)23-9)19-16(22)18-11-7-5-10(17)6-8-11/h2-9H,1H3,(H,20,21)(H2,18,19,22). The predicted molar refractivity (Wildman–Crippen MR) is 89.3 cm³/mol. The Balaban J connectivity index is 1.75. The van der Waals surface area contributed by atoms with E-state index in [0.29, 0.717) is 27.8 Å². The van der Waals surface area contributed by atoms with E-state index in [1.807, 2.05) is 0 Å². The number of para-hydroxylation sites is 1. The first kappa shape index (κ1) is 15.2. The maximum atomic E-state index is 12.1. The Morgan fingerprint density at radius 3 is 2.65 bits per heavy atom. The second kappa shape index (κ2) is 6.18. The van der Waals surface area contributed by atoms with Gasteiger partial charge in [-0.05, 0) is 43.3 Å². The summed E-state index contributed by atoms with van der Waals surface area (Å²) >= 11 is 5.80. The number of carbonyl (C=O) groups is 2. The zero-order valence-electron chi connectivity index (χ0n) is 12.2. The summed E-state index contributed by atoms with van der Waals surface area (Å²) in [5, 5.41) is 8.69. The molecule has 3 amide bonds. The van der Waals surface area contributed by atoms with Crippen LogP contribution in [0.2, 0.25) is 5.02 Å². The first-order valence-electron chi connectivity index (χ1n) is 6.97. The Kier molecular flexibility index (Phi) is 4.08. The maximum absolute atomic E-state index is 12.1. The molecule has 2 aromatic carbocycles. The topological polar surface area (TPSA) is 79.5 Å². The molecule has 0 fully saturated rings. The number of benzene rings is 2. The number of nitrogens with one attached hydrogen (secondary N) is 3. The molecule has 7 heteroatoms. The Morgan fingerprint density at radius 1 is 1.17 bits per heavy atom. The van der Waals surface area contributed by atoms with E-state index in [9.17, 15) is 9.59 Å². The molecule has 0 bridgehead atoms. The number of carbonyl (C=O) groups excluding carboxylic acids is 2. The van der Waals surface area contributed by atoms with E-state index in [1.165, 1.54) is 0 Å². The minimum Gasteiger partial charge on any atom is -0.479 e. The van der Waals surface area contributed by atoms with Gasteiger partial charge in [-0.3, -0.25) is 4.79 Å². The molecule has 3 rings (SSSR count). The molecule has 1 aliphatic heterocycles. The largest absolute Gasteiger partial charge is 0.479 e. The van der Waals surface area contributed by atoms with Crippen molar-refractivity contribution < 1.29 is 14.3 Å². The number of halogens is 1. The summed E-state index contributed by atoms with van der Waals surface area (Å²) in [6.45, 7) is 1.66. The Morgan fingerprint density at radius 2 is 1.91 bits per heavy atom. The molecule has 3 N–H and O–H groups in total. The SMILES string of the molecule is CC1Oc2cccc(NC(=O)Nc3ccc(Cl)cc3)c2NC1=O. The second-order valence-electron chi connectivity index (χ2n) is 5.01. The third-order valence-corrected chi connectivity index (χ3v) is 3.55. The normalized spacial score (nSPS) is 15.9. The molecule has 23 heavy (non-hydrogen) atoms. The van der Waals surface area contributed by atoms with Gasteiger partial charge in [0.15, 0.2) is 6.10 Å². The van der Waals surface area contributed by atoms with Crippen LogP contribution in [0.15, 0.2) is 42.5 Å². The summed E-state index contributed by atoms with van der Waals surface area (Å²) in [6.07, 6.45) is -0.569. The highest BCUT2D eigenvalue weighted by molar-refractivity contribution is 6.30. The van der Waals surface area contributed by atoms with Gasteiger partial charge < -0.3 is 20.7 Å². The summed E-state index contributed by atoms with van der Waals surface area (Å²) in [5.41, 5.74) is 1.50. The highest BCUT2D eigenvalue weighted by Gasteiger charge is 2.25. The van der Waals surface area contributed by atoms with Crippen LogP contribution >= 0.6 is 11.6 Å². The Bertz CT molecular complexity index is 762. The van der Waals surface area contributed by atoms with E-state index in [4.69, 9.17) is 16.3 Å². The van der Waals surface area contributed by atoms with Gasteiger partial charge in [-0.25, -0.2) is 4.79 Å². The van der Waals surface area contributed by atoms with Gasteiger partial charge in [-0.1, -0.05) is 17.7 Å². The number of urea groups is 1. The summed E-state index contributed by atoms with van der Waals surface area (Å²) in [7, 11) is 0. The number of fused-ring (bicyclic) bond motifs is 1. The highest BCUT2D eigenvalue weighted by atomic mass is 35.5. The van der Waals surface area contributed by atoms with Crippen LogP contribution in [0.25, 0.3) is 0 Å². The van der Waals surface area contributed by atoms with Gasteiger partial charge in [0.25, 0.3) is 5.91 Å². The maximum Gasteiger partial charge on any atom is 0.323 e. The zero-order chi connectivity index (χ0) is 16.4. The van der Waals surface area contributed by atoms with E-state index in [-0.39, 0.29) is 5.91 Å². The molecule has 0 aliphatic carbocycles. The van der Waals surface area contributed by atoms with Crippen molar-refractivity contribution in [1.82, 2.24) is 0 Å². The molecule has 0 aromatic heterocycles. The monoisotopic (exact) mass is 331 g/mol. The quantitative estimate of drug-likeness (QED) is 0.785. The molecule has 1 unspecified atom stereocenters. The number of rotatable bonds is 2. The highest BCUT2D eigenvalue weighted by Crippen LogP contribution is 2.36. The van der Waals surface area contributed by atoms with Crippen molar-refractivity contribution in [3.05, 3.63) is 47.5 Å². The molecular weight excluding hydrogens is 318 g/mol. The fourth-order valence-corrected chi connectivity index (χ4v) is 2.28. The van der Waals surface area contributed by atoms with Crippen LogP contribution < -0.4 is 20.7 Å². The molecule has 1 heterocycles. The van der Waals surface area contributed by atoms with E-state index >= 15 is 0 Å². The molecule has 0 radical (unpaired) electrons. The first-order chi connectivity index (χ1) is 11.0. The molecule has 0 saturated carbocycles. The van der Waals surface area contributed by atoms with Crippen LogP contribution in [0.1, 0.15) is 6.92 Å². The average Bonchev–Trinajstić information content (AvgIpc) is 2.51. The molecule has 0 spiro atoms. The number of amides is 3. The minimum atomic E-state index is -0.569. The number of anilines is 3. The predicted octanol–water partition coefficient (Wildman–Crippen LogP) is 3.70. The van der Waals surface area contributed by atoms with Crippen molar-refractivity contribution in [2.45, 2.75) is 13.0 Å². The van der Waals surface area contributed by atoms with Crippen molar-refractivity contribution in [2.24, 2.45) is 0 Å². The van der Waals surface area contributed by atoms with Crippen molar-refractivity contribution in [2.75, 3.05) is 16.0 Å². The van der Waals surface area contributed by atoms with Crippen LogP contribution in [0, 0.1) is 0 Å². The summed E-state index contributed by atoms with van der Waals surface area (Å²) in [5.74, 6) is 0.256. The number of ether oxygens (including phenoxy) is 1. The van der Waals surface area contributed by atoms with Gasteiger partial charge in [0, 0.05) is 10.7 Å². The van der Waals surface area contributed by atoms with Crippen molar-refractivity contribution in [1.29, 1.82) is 0 Å². The summed E-state index contributed by atoms with van der Waals surface area (Å²) < 4.78 is 5.50. The number of hydrogen-bond donors (Lipinski definition) is 3. The lowest BCUT2D eigenvalue weighted by Gasteiger charge is -2.25. The molecule has 6 nitrogen and oxygen atoms in total. The van der Waals surface area contributed by atoms with Gasteiger partial charge >= 0.3 is 6.03 Å². The average molecular weight is 332 g/mol. The van der Waals surface area contributed by atoms with Gasteiger partial charge in [0.05, 0.1) is 5.69 Å². The van der Waals surface area contributed by atoms with Crippen molar-refractivity contribution >= 4 is 40.6 Å². The van der Waals surface area contributed by atoms with Crippen LogP contribution in [0.4, 0.5) is 21.9 Å². The van der Waals surface area contributed by atoms with Crippen LogP contribution in [0.5, 0.6) is 5.75 Å². The smallest absolute Gasteiger partial charge is 0.323 e. The summed E-state index contributed by atoms with van der Waals surface area (Å²) in [6, 6.07) is 11.4. The van der Waals surface area contributed by atoms with Crippen LogP contribution in [0.3, 0.4) is 0 Å². The second-order valence-corrected chi connectivity index (χ2v) is 5.45. The third-order valence-electron chi connectivity index (χ3n) is 3.30. The molecule has 2 aromatic rings. The van der Waals surface area contributed by atoms with Gasteiger partial charge in [0.1, 0.15) is 11.4 Å². The lowest BCUT2D eigenvalue weighted by Crippen LogP contribution is -2.35. The van der Waals surface area contributed by atoms with Crippen LogP contribution in [-0.2, 0) is 4.79 Å². The number of hydrogen-bond acceptors (Lipinski definition) is 3. The van der Waals surface area contributed by atoms with Crippen molar-refractivity contribution in [3.63, 3.8) is 0 Å². The zero-order valence-corrected chi connectivity index (χ0v) is 13.0. The lowest BCUT2D eigenvalue weighted by molar-refractivity contribution is -0.122. The molecule has 0 saturated heterocycles. The van der Waals surface area contributed by atoms with Gasteiger partial charge in [-0.2, -0.15) is 0 Å².